The van der Waals surface area contributed by atoms with E-state index in [0.717, 1.165) is 5.69 Å². The standard InChI is InChI=1S/C15H16FNO3S/c1-10(15(18)19-2)8-21-9-13-7-20-14(17-13)11-4-3-5-12(16)6-11/h3-7,10H,8-9H2,1-2H3. The van der Waals surface area contributed by atoms with Gasteiger partial charge in [-0.3, -0.25) is 4.79 Å². The fourth-order valence-electron chi connectivity index (χ4n) is 1.74. The molecule has 0 aliphatic rings. The molecule has 0 fully saturated rings. The van der Waals surface area contributed by atoms with E-state index in [-0.39, 0.29) is 17.7 Å². The van der Waals surface area contributed by atoms with E-state index >= 15 is 0 Å². The maximum absolute atomic E-state index is 13.1. The van der Waals surface area contributed by atoms with E-state index in [1.807, 2.05) is 6.92 Å². The molecule has 0 saturated heterocycles. The highest BCUT2D eigenvalue weighted by atomic mass is 32.2. The first-order valence-electron chi connectivity index (χ1n) is 6.46. The largest absolute Gasteiger partial charge is 0.469 e. The molecular weight excluding hydrogens is 293 g/mol. The molecular formula is C15H16FNO3S. The number of oxazole rings is 1. The monoisotopic (exact) mass is 309 g/mol. The lowest BCUT2D eigenvalue weighted by atomic mass is 10.2. The number of ether oxygens (including phenoxy) is 1. The molecule has 2 aromatic rings. The molecule has 0 aliphatic heterocycles. The van der Waals surface area contributed by atoms with Crippen LogP contribution in [0.3, 0.4) is 0 Å². The fourth-order valence-corrected chi connectivity index (χ4v) is 2.69. The summed E-state index contributed by atoms with van der Waals surface area (Å²) in [7, 11) is 1.38. The van der Waals surface area contributed by atoms with Gasteiger partial charge < -0.3 is 9.15 Å². The third kappa shape index (κ3) is 4.32. The summed E-state index contributed by atoms with van der Waals surface area (Å²) in [6, 6.07) is 6.10. The molecule has 0 N–H and O–H groups in total. The second kappa shape index (κ2) is 7.26. The number of thioether (sulfide) groups is 1. The lowest BCUT2D eigenvalue weighted by molar-refractivity contribution is -0.143. The molecule has 1 aromatic carbocycles. The number of nitrogens with zero attached hydrogens (tertiary/aromatic N) is 1. The number of rotatable bonds is 6. The summed E-state index contributed by atoms with van der Waals surface area (Å²) in [4.78, 5) is 15.6. The molecule has 6 heteroatoms. The Morgan fingerprint density at radius 3 is 3.05 bits per heavy atom. The summed E-state index contributed by atoms with van der Waals surface area (Å²) < 4.78 is 23.2. The molecule has 0 spiro atoms. The third-order valence-corrected chi connectivity index (χ3v) is 4.08. The Balaban J connectivity index is 1.90. The van der Waals surface area contributed by atoms with Crippen molar-refractivity contribution >= 4 is 17.7 Å². The number of benzene rings is 1. The van der Waals surface area contributed by atoms with E-state index in [1.165, 1.54) is 19.2 Å². The Morgan fingerprint density at radius 2 is 2.33 bits per heavy atom. The highest BCUT2D eigenvalue weighted by Gasteiger charge is 2.13. The average Bonchev–Trinajstić information content (AvgIpc) is 2.95. The van der Waals surface area contributed by atoms with Crippen molar-refractivity contribution in [3.63, 3.8) is 0 Å². The quantitative estimate of drug-likeness (QED) is 0.764. The van der Waals surface area contributed by atoms with Crippen LogP contribution < -0.4 is 0 Å². The van der Waals surface area contributed by atoms with Crippen molar-refractivity contribution in [2.75, 3.05) is 12.9 Å². The Bertz CT molecular complexity index is 614. The van der Waals surface area contributed by atoms with Gasteiger partial charge in [-0.25, -0.2) is 9.37 Å². The van der Waals surface area contributed by atoms with Crippen molar-refractivity contribution in [1.82, 2.24) is 4.98 Å². The Kier molecular flexibility index (Phi) is 5.38. The van der Waals surface area contributed by atoms with E-state index < -0.39 is 0 Å². The van der Waals surface area contributed by atoms with Crippen LogP contribution >= 0.6 is 11.8 Å². The van der Waals surface area contributed by atoms with Gasteiger partial charge in [-0.05, 0) is 18.2 Å². The van der Waals surface area contributed by atoms with Gasteiger partial charge >= 0.3 is 5.97 Å². The minimum atomic E-state index is -0.325. The van der Waals surface area contributed by atoms with E-state index in [2.05, 4.69) is 9.72 Å². The van der Waals surface area contributed by atoms with Gasteiger partial charge in [0.05, 0.1) is 18.7 Å². The summed E-state index contributed by atoms with van der Waals surface area (Å²) in [5, 5.41) is 0. The molecule has 1 heterocycles. The maximum Gasteiger partial charge on any atom is 0.309 e. The van der Waals surface area contributed by atoms with E-state index in [0.29, 0.717) is 23.0 Å². The second-order valence-electron chi connectivity index (χ2n) is 4.59. The zero-order valence-electron chi connectivity index (χ0n) is 11.8. The van der Waals surface area contributed by atoms with Crippen LogP contribution in [0, 0.1) is 11.7 Å². The van der Waals surface area contributed by atoms with Gasteiger partial charge in [-0.1, -0.05) is 13.0 Å². The molecule has 1 atom stereocenters. The topological polar surface area (TPSA) is 52.3 Å². The first kappa shape index (κ1) is 15.6. The van der Waals surface area contributed by atoms with Crippen molar-refractivity contribution in [3.8, 4) is 11.5 Å². The van der Waals surface area contributed by atoms with Crippen LogP contribution in [0.15, 0.2) is 34.9 Å². The van der Waals surface area contributed by atoms with E-state index in [1.54, 1.807) is 30.2 Å². The summed E-state index contributed by atoms with van der Waals surface area (Å²) >= 11 is 1.57. The average molecular weight is 309 g/mol. The van der Waals surface area contributed by atoms with Crippen LogP contribution in [0.5, 0.6) is 0 Å². The third-order valence-electron chi connectivity index (χ3n) is 2.84. The Morgan fingerprint density at radius 1 is 1.52 bits per heavy atom. The van der Waals surface area contributed by atoms with Crippen LogP contribution in [0.25, 0.3) is 11.5 Å². The number of hydrogen-bond donors (Lipinski definition) is 0. The highest BCUT2D eigenvalue weighted by Crippen LogP contribution is 2.22. The zero-order chi connectivity index (χ0) is 15.2. The lowest BCUT2D eigenvalue weighted by Gasteiger charge is -2.07. The molecule has 2 rings (SSSR count). The molecule has 112 valence electrons. The van der Waals surface area contributed by atoms with Crippen LogP contribution in [0.2, 0.25) is 0 Å². The molecule has 0 saturated carbocycles. The number of esters is 1. The van der Waals surface area contributed by atoms with Crippen molar-refractivity contribution in [2.45, 2.75) is 12.7 Å². The van der Waals surface area contributed by atoms with Crippen LogP contribution in [-0.4, -0.2) is 23.8 Å². The molecule has 1 unspecified atom stereocenters. The summed E-state index contributed by atoms with van der Waals surface area (Å²) in [5.74, 6) is 0.965. The molecule has 0 radical (unpaired) electrons. The van der Waals surface area contributed by atoms with Crippen LogP contribution in [0.4, 0.5) is 4.39 Å². The number of hydrogen-bond acceptors (Lipinski definition) is 5. The van der Waals surface area contributed by atoms with Crippen molar-refractivity contribution in [2.24, 2.45) is 5.92 Å². The van der Waals surface area contributed by atoms with Crippen LogP contribution in [-0.2, 0) is 15.3 Å². The first-order chi connectivity index (χ1) is 10.1. The normalized spacial score (nSPS) is 12.1. The number of methoxy groups -OCH3 is 1. The van der Waals surface area contributed by atoms with Crippen molar-refractivity contribution < 1.29 is 18.3 Å². The summed E-state index contributed by atoms with van der Waals surface area (Å²) in [6.07, 6.45) is 1.55. The van der Waals surface area contributed by atoms with E-state index in [4.69, 9.17) is 4.42 Å². The molecule has 4 nitrogen and oxygen atoms in total. The van der Waals surface area contributed by atoms with Crippen molar-refractivity contribution in [3.05, 3.63) is 42.0 Å². The summed E-state index contributed by atoms with van der Waals surface area (Å²) in [5.41, 5.74) is 1.37. The molecule has 0 bridgehead atoms. The zero-order valence-corrected chi connectivity index (χ0v) is 12.7. The van der Waals surface area contributed by atoms with E-state index in [9.17, 15) is 9.18 Å². The lowest BCUT2D eigenvalue weighted by Crippen LogP contribution is -2.14. The smallest absolute Gasteiger partial charge is 0.309 e. The molecule has 21 heavy (non-hydrogen) atoms. The van der Waals surface area contributed by atoms with Gasteiger partial charge in [0.25, 0.3) is 0 Å². The minimum absolute atomic E-state index is 0.158. The Labute approximate surface area is 126 Å². The number of carbonyl (C=O) groups excluding carboxylic acids is 1. The van der Waals surface area contributed by atoms with Gasteiger partial charge in [0.1, 0.15) is 12.1 Å². The maximum atomic E-state index is 13.1. The predicted octanol–water partition coefficient (Wildman–Crippen LogP) is 3.52. The van der Waals surface area contributed by atoms with Gasteiger partial charge in [-0.15, -0.1) is 0 Å². The molecule has 0 aliphatic carbocycles. The molecule has 1 aromatic heterocycles. The number of carbonyl (C=O) groups is 1. The van der Waals surface area contributed by atoms with Gasteiger partial charge in [0, 0.05) is 17.1 Å². The van der Waals surface area contributed by atoms with Gasteiger partial charge in [0.2, 0.25) is 5.89 Å². The second-order valence-corrected chi connectivity index (χ2v) is 5.62. The minimum Gasteiger partial charge on any atom is -0.469 e. The SMILES string of the molecule is COC(=O)C(C)CSCc1coc(-c2cccc(F)c2)n1. The molecule has 0 amide bonds. The predicted molar refractivity (Wildman–Crippen MR) is 79.2 cm³/mol. The summed E-state index contributed by atoms with van der Waals surface area (Å²) in [6.45, 7) is 1.82. The highest BCUT2D eigenvalue weighted by molar-refractivity contribution is 7.98. The van der Waals surface area contributed by atoms with Crippen molar-refractivity contribution in [1.29, 1.82) is 0 Å². The number of aromatic nitrogens is 1. The Hall–Kier alpha value is -1.82. The van der Waals surface area contributed by atoms with Gasteiger partial charge in [0.15, 0.2) is 0 Å². The number of halogens is 1. The van der Waals surface area contributed by atoms with Gasteiger partial charge in [-0.2, -0.15) is 11.8 Å². The fraction of sp³-hybridized carbons (Fsp3) is 0.333. The van der Waals surface area contributed by atoms with Crippen LogP contribution in [0.1, 0.15) is 12.6 Å². The first-order valence-corrected chi connectivity index (χ1v) is 7.61.